The number of fused-ring (bicyclic) bond motifs is 1. The van der Waals surface area contributed by atoms with Crippen molar-refractivity contribution in [2.24, 2.45) is 16.6 Å². The zero-order chi connectivity index (χ0) is 10.3. The first-order valence-electron chi connectivity index (χ1n) is 5.14. The molecule has 0 aliphatic heterocycles. The molecule has 0 unspecified atom stereocenters. The lowest BCUT2D eigenvalue weighted by atomic mass is 10.2. The Morgan fingerprint density at radius 3 is 3.00 bits per heavy atom. The number of rotatable bonds is 2. The Hall–Kier alpha value is -1.35. The molecule has 0 amide bonds. The number of nitrogens with two attached hydrogens (primary N) is 1. The fourth-order valence-electron chi connectivity index (χ4n) is 1.64. The van der Waals surface area contributed by atoms with Gasteiger partial charge in [-0.15, -0.1) is 11.3 Å². The van der Waals surface area contributed by atoms with Gasteiger partial charge in [0.1, 0.15) is 5.84 Å². The van der Waals surface area contributed by atoms with Crippen LogP contribution < -0.4 is 5.73 Å². The van der Waals surface area contributed by atoms with Crippen LogP contribution in [0.2, 0.25) is 0 Å². The van der Waals surface area contributed by atoms with E-state index in [-0.39, 0.29) is 0 Å². The van der Waals surface area contributed by atoms with E-state index in [9.17, 15) is 0 Å². The maximum atomic E-state index is 5.88. The SMILES string of the molecule is NC(=Nc1ccc2sccc2c1)C1CC1. The number of benzene rings is 1. The molecule has 3 rings (SSSR count). The van der Waals surface area contributed by atoms with Crippen molar-refractivity contribution in [3.63, 3.8) is 0 Å². The molecule has 3 heteroatoms. The Balaban J connectivity index is 1.99. The van der Waals surface area contributed by atoms with Gasteiger partial charge in [-0.2, -0.15) is 0 Å². The van der Waals surface area contributed by atoms with Crippen molar-refractivity contribution in [2.75, 3.05) is 0 Å². The third kappa shape index (κ3) is 1.75. The van der Waals surface area contributed by atoms with Crippen molar-refractivity contribution >= 4 is 32.9 Å². The van der Waals surface area contributed by atoms with Gasteiger partial charge in [0.25, 0.3) is 0 Å². The van der Waals surface area contributed by atoms with Crippen molar-refractivity contribution in [3.05, 3.63) is 29.6 Å². The van der Waals surface area contributed by atoms with E-state index < -0.39 is 0 Å². The highest BCUT2D eigenvalue weighted by molar-refractivity contribution is 7.17. The molecule has 1 aliphatic rings. The van der Waals surface area contributed by atoms with Crippen LogP contribution in [0, 0.1) is 5.92 Å². The Kier molecular flexibility index (Phi) is 1.99. The van der Waals surface area contributed by atoms with Crippen LogP contribution in [0.1, 0.15) is 12.8 Å². The lowest BCUT2D eigenvalue weighted by molar-refractivity contribution is 1.15. The van der Waals surface area contributed by atoms with E-state index in [0.717, 1.165) is 11.5 Å². The van der Waals surface area contributed by atoms with E-state index >= 15 is 0 Å². The molecule has 0 atom stereocenters. The molecule has 0 spiro atoms. The Morgan fingerprint density at radius 2 is 2.20 bits per heavy atom. The second-order valence-corrected chi connectivity index (χ2v) is 4.90. The average molecular weight is 216 g/mol. The summed E-state index contributed by atoms with van der Waals surface area (Å²) >= 11 is 1.75. The van der Waals surface area contributed by atoms with Gasteiger partial charge in [-0.1, -0.05) is 0 Å². The van der Waals surface area contributed by atoms with Gasteiger partial charge in [0.15, 0.2) is 0 Å². The molecule has 1 aromatic carbocycles. The summed E-state index contributed by atoms with van der Waals surface area (Å²) in [6.07, 6.45) is 2.41. The summed E-state index contributed by atoms with van der Waals surface area (Å²) in [6.45, 7) is 0. The van der Waals surface area contributed by atoms with E-state index in [4.69, 9.17) is 5.73 Å². The number of thiophene rings is 1. The number of nitrogens with zero attached hydrogens (tertiary/aromatic N) is 1. The van der Waals surface area contributed by atoms with Gasteiger partial charge in [0, 0.05) is 10.6 Å². The monoisotopic (exact) mass is 216 g/mol. The van der Waals surface area contributed by atoms with Crippen molar-refractivity contribution < 1.29 is 0 Å². The highest BCUT2D eigenvalue weighted by Gasteiger charge is 2.25. The molecule has 0 radical (unpaired) electrons. The predicted molar refractivity (Wildman–Crippen MR) is 65.8 cm³/mol. The summed E-state index contributed by atoms with van der Waals surface area (Å²) in [5, 5.41) is 3.35. The van der Waals surface area contributed by atoms with Gasteiger partial charge in [-0.3, -0.25) is 0 Å². The average Bonchev–Trinajstić information content (AvgIpc) is 2.98. The summed E-state index contributed by atoms with van der Waals surface area (Å²) in [6, 6.07) is 8.36. The van der Waals surface area contributed by atoms with Crippen LogP contribution in [-0.4, -0.2) is 5.84 Å². The van der Waals surface area contributed by atoms with Gasteiger partial charge >= 0.3 is 0 Å². The van der Waals surface area contributed by atoms with Crippen molar-refractivity contribution in [1.29, 1.82) is 0 Å². The molecule has 76 valence electrons. The molecule has 1 fully saturated rings. The van der Waals surface area contributed by atoms with Crippen LogP contribution in [0.5, 0.6) is 0 Å². The molecule has 1 aliphatic carbocycles. The standard InChI is InChI=1S/C12H12N2S/c13-12(8-1-2-8)14-10-3-4-11-9(7-10)5-6-15-11/h3-8H,1-2H2,(H2,13,14). The van der Waals surface area contributed by atoms with Gasteiger partial charge < -0.3 is 5.73 Å². The van der Waals surface area contributed by atoms with E-state index in [1.165, 1.54) is 22.9 Å². The predicted octanol–water partition coefficient (Wildman–Crippen LogP) is 3.30. The van der Waals surface area contributed by atoms with Crippen molar-refractivity contribution in [1.82, 2.24) is 0 Å². The molecule has 1 saturated carbocycles. The molecule has 0 bridgehead atoms. The molecule has 1 aromatic heterocycles. The maximum Gasteiger partial charge on any atom is 0.103 e. The molecule has 2 aromatic rings. The lowest BCUT2D eigenvalue weighted by Crippen LogP contribution is -2.12. The lowest BCUT2D eigenvalue weighted by Gasteiger charge is -1.98. The number of amidine groups is 1. The first kappa shape index (κ1) is 8.92. The third-order valence-corrected chi connectivity index (χ3v) is 3.59. The zero-order valence-electron chi connectivity index (χ0n) is 8.31. The Bertz CT molecular complexity index is 523. The summed E-state index contributed by atoms with van der Waals surface area (Å²) in [4.78, 5) is 4.45. The highest BCUT2D eigenvalue weighted by Crippen LogP contribution is 2.31. The van der Waals surface area contributed by atoms with Gasteiger partial charge in [0.05, 0.1) is 5.69 Å². The quantitative estimate of drug-likeness (QED) is 0.607. The first-order valence-corrected chi connectivity index (χ1v) is 6.02. The molecule has 15 heavy (non-hydrogen) atoms. The van der Waals surface area contributed by atoms with E-state index in [1.54, 1.807) is 11.3 Å². The van der Waals surface area contributed by atoms with Crippen LogP contribution in [0.3, 0.4) is 0 Å². The maximum absolute atomic E-state index is 5.88. The van der Waals surface area contributed by atoms with Crippen molar-refractivity contribution in [3.8, 4) is 0 Å². The van der Waals surface area contributed by atoms with Crippen LogP contribution in [0.4, 0.5) is 5.69 Å². The van der Waals surface area contributed by atoms with Crippen molar-refractivity contribution in [2.45, 2.75) is 12.8 Å². The Labute approximate surface area is 92.4 Å². The third-order valence-electron chi connectivity index (χ3n) is 2.69. The molecular formula is C12H12N2S. The van der Waals surface area contributed by atoms with E-state index in [0.29, 0.717) is 5.92 Å². The number of hydrogen-bond donors (Lipinski definition) is 1. The molecule has 2 nitrogen and oxygen atoms in total. The summed E-state index contributed by atoms with van der Waals surface area (Å²) in [5.74, 6) is 1.34. The first-order chi connectivity index (χ1) is 7.33. The van der Waals surface area contributed by atoms with E-state index in [2.05, 4.69) is 28.6 Å². The van der Waals surface area contributed by atoms with Gasteiger partial charge in [-0.25, -0.2) is 4.99 Å². The molecule has 1 heterocycles. The zero-order valence-corrected chi connectivity index (χ0v) is 9.13. The summed E-state index contributed by atoms with van der Waals surface area (Å²) < 4.78 is 1.30. The number of aliphatic imine (C=N–C) groups is 1. The largest absolute Gasteiger partial charge is 0.387 e. The molecule has 0 saturated heterocycles. The molecule has 2 N–H and O–H groups in total. The molecular weight excluding hydrogens is 204 g/mol. The van der Waals surface area contributed by atoms with Crippen LogP contribution >= 0.6 is 11.3 Å². The minimum atomic E-state index is 0.545. The fourth-order valence-corrected chi connectivity index (χ4v) is 2.41. The minimum Gasteiger partial charge on any atom is -0.387 e. The van der Waals surface area contributed by atoms with E-state index in [1.807, 2.05) is 6.07 Å². The number of hydrogen-bond acceptors (Lipinski definition) is 2. The van der Waals surface area contributed by atoms with Crippen LogP contribution in [0.15, 0.2) is 34.6 Å². The normalized spacial score (nSPS) is 17.2. The minimum absolute atomic E-state index is 0.545. The summed E-state index contributed by atoms with van der Waals surface area (Å²) in [7, 11) is 0. The second-order valence-electron chi connectivity index (χ2n) is 3.95. The summed E-state index contributed by atoms with van der Waals surface area (Å²) in [5.41, 5.74) is 6.86. The highest BCUT2D eigenvalue weighted by atomic mass is 32.1. The van der Waals surface area contributed by atoms with Crippen LogP contribution in [-0.2, 0) is 0 Å². The van der Waals surface area contributed by atoms with Gasteiger partial charge in [-0.05, 0) is 47.9 Å². The second kappa shape index (κ2) is 3.35. The Morgan fingerprint density at radius 1 is 1.33 bits per heavy atom. The van der Waals surface area contributed by atoms with Crippen LogP contribution in [0.25, 0.3) is 10.1 Å². The smallest absolute Gasteiger partial charge is 0.103 e. The topological polar surface area (TPSA) is 38.4 Å². The van der Waals surface area contributed by atoms with Gasteiger partial charge in [0.2, 0.25) is 0 Å². The fraction of sp³-hybridized carbons (Fsp3) is 0.250.